The number of rotatable bonds is 1. The van der Waals surface area contributed by atoms with Gasteiger partial charge in [-0.15, -0.1) is 10.2 Å². The van der Waals surface area contributed by atoms with Crippen molar-refractivity contribution in [1.29, 1.82) is 0 Å². The molecular formula is C23H30FN7O2. The normalized spacial score (nSPS) is 27.0. The van der Waals surface area contributed by atoms with Crippen LogP contribution < -0.4 is 15.5 Å². The maximum Gasteiger partial charge on any atom is 0.320 e. The van der Waals surface area contributed by atoms with Crippen molar-refractivity contribution >= 4 is 17.5 Å². The van der Waals surface area contributed by atoms with Crippen molar-refractivity contribution in [3.8, 4) is 17.0 Å². The van der Waals surface area contributed by atoms with E-state index >= 15 is 0 Å². The molecule has 0 saturated carbocycles. The number of urea groups is 1. The number of hydrogen-bond donors (Lipinski definition) is 3. The zero-order valence-corrected chi connectivity index (χ0v) is 19.2. The van der Waals surface area contributed by atoms with Crippen molar-refractivity contribution < 1.29 is 14.3 Å². The minimum atomic E-state index is -0.696. The summed E-state index contributed by atoms with van der Waals surface area (Å²) in [5.41, 5.74) is 1.20. The van der Waals surface area contributed by atoms with Crippen molar-refractivity contribution in [3.05, 3.63) is 30.1 Å². The first kappa shape index (κ1) is 21.7. The Morgan fingerprint density at radius 1 is 1.21 bits per heavy atom. The molecule has 1 aromatic heterocycles. The molecule has 4 heterocycles. The highest BCUT2D eigenvalue weighted by Gasteiger charge is 2.45. The lowest BCUT2D eigenvalue weighted by Gasteiger charge is -2.54. The van der Waals surface area contributed by atoms with Crippen LogP contribution in [0, 0.1) is 5.82 Å². The van der Waals surface area contributed by atoms with E-state index in [1.54, 1.807) is 6.07 Å². The highest BCUT2D eigenvalue weighted by molar-refractivity contribution is 5.79. The van der Waals surface area contributed by atoms with Crippen LogP contribution in [0.4, 0.5) is 20.7 Å². The maximum atomic E-state index is 13.9. The van der Waals surface area contributed by atoms with Gasteiger partial charge < -0.3 is 30.4 Å². The zero-order chi connectivity index (χ0) is 23.3. The molecule has 2 amide bonds. The summed E-state index contributed by atoms with van der Waals surface area (Å²) < 4.78 is 13.9. The number of benzene rings is 1. The van der Waals surface area contributed by atoms with Gasteiger partial charge in [0.25, 0.3) is 0 Å². The van der Waals surface area contributed by atoms with Gasteiger partial charge in [0.2, 0.25) is 0 Å². The summed E-state index contributed by atoms with van der Waals surface area (Å²) in [6.07, 6.45) is 0. The van der Waals surface area contributed by atoms with E-state index in [9.17, 15) is 14.3 Å². The van der Waals surface area contributed by atoms with E-state index < -0.39 is 11.6 Å². The molecule has 0 radical (unpaired) electrons. The van der Waals surface area contributed by atoms with Crippen LogP contribution in [0.3, 0.4) is 0 Å². The Morgan fingerprint density at radius 2 is 1.97 bits per heavy atom. The summed E-state index contributed by atoms with van der Waals surface area (Å²) in [6, 6.07) is 6.58. The van der Waals surface area contributed by atoms with Crippen molar-refractivity contribution in [2.45, 2.75) is 38.4 Å². The van der Waals surface area contributed by atoms with E-state index in [2.05, 4.69) is 46.5 Å². The molecular weight excluding hydrogens is 425 g/mol. The molecule has 2 aromatic rings. The second-order valence-corrected chi connectivity index (χ2v) is 9.57. The number of nitrogens with zero attached hydrogens (tertiary/aromatic N) is 5. The number of piperazine rings is 2. The lowest BCUT2D eigenvalue weighted by atomic mass is 9.92. The lowest BCUT2D eigenvalue weighted by Crippen LogP contribution is -2.69. The molecule has 3 aliphatic rings. The predicted molar refractivity (Wildman–Crippen MR) is 124 cm³/mol. The fourth-order valence-electron chi connectivity index (χ4n) is 5.31. The molecule has 1 aromatic carbocycles. The summed E-state index contributed by atoms with van der Waals surface area (Å²) in [4.78, 5) is 19.6. The van der Waals surface area contributed by atoms with Gasteiger partial charge in [-0.2, -0.15) is 0 Å². The zero-order valence-electron chi connectivity index (χ0n) is 19.2. The molecule has 10 heteroatoms. The molecule has 1 unspecified atom stereocenters. The Bertz CT molecular complexity index is 1070. The van der Waals surface area contributed by atoms with Crippen LogP contribution in [0.1, 0.15) is 20.8 Å². The average Bonchev–Trinajstić information content (AvgIpc) is 2.79. The van der Waals surface area contributed by atoms with Gasteiger partial charge in [-0.05, 0) is 39.0 Å². The molecule has 3 atom stereocenters. The molecule has 9 nitrogen and oxygen atoms in total. The summed E-state index contributed by atoms with van der Waals surface area (Å²) in [5, 5.41) is 25.4. The number of carbonyl (C=O) groups is 1. The van der Waals surface area contributed by atoms with E-state index in [0.717, 1.165) is 18.8 Å². The van der Waals surface area contributed by atoms with Gasteiger partial charge in [-0.3, -0.25) is 0 Å². The first-order valence-corrected chi connectivity index (χ1v) is 11.4. The summed E-state index contributed by atoms with van der Waals surface area (Å²) in [6.45, 7) is 10.3. The highest BCUT2D eigenvalue weighted by Crippen LogP contribution is 2.40. The number of anilines is 2. The Morgan fingerprint density at radius 3 is 2.73 bits per heavy atom. The second kappa shape index (κ2) is 8.02. The van der Waals surface area contributed by atoms with E-state index in [0.29, 0.717) is 43.3 Å². The van der Waals surface area contributed by atoms with Gasteiger partial charge in [0, 0.05) is 56.9 Å². The van der Waals surface area contributed by atoms with Crippen LogP contribution in [-0.4, -0.2) is 88.0 Å². The summed E-state index contributed by atoms with van der Waals surface area (Å²) in [7, 11) is 0. The van der Waals surface area contributed by atoms with Gasteiger partial charge in [-0.25, -0.2) is 9.18 Å². The predicted octanol–water partition coefficient (Wildman–Crippen LogP) is 2.10. The molecule has 33 heavy (non-hydrogen) atoms. The molecule has 0 bridgehead atoms. The number of hydrogen-bond acceptors (Lipinski definition) is 7. The monoisotopic (exact) mass is 455 g/mol. The smallest absolute Gasteiger partial charge is 0.320 e. The number of para-hydroxylation sites is 1. The van der Waals surface area contributed by atoms with Gasteiger partial charge in [0.15, 0.2) is 17.4 Å². The number of aromatic nitrogens is 2. The van der Waals surface area contributed by atoms with E-state index in [4.69, 9.17) is 0 Å². The fraction of sp³-hybridized carbons (Fsp3) is 0.522. The standard InChI is InChI=1S/C23H30FN7O2/c1-14-10-25-11-15(2)31(14)22(33)29-7-8-30-19-9-18(16-5-4-6-17(24)20(16)32)27-28-21(19)26-12-23(30,3)13-29/h4-6,9,14-15,25,32H,7-8,10-13H2,1-3H3,(H,26,28)/t14-,15-,23?/m1/s1. The van der Waals surface area contributed by atoms with E-state index in [1.807, 2.05) is 15.9 Å². The second-order valence-electron chi connectivity index (χ2n) is 9.57. The first-order chi connectivity index (χ1) is 15.8. The number of halogens is 1. The van der Waals surface area contributed by atoms with Crippen LogP contribution in [0.2, 0.25) is 0 Å². The van der Waals surface area contributed by atoms with Crippen molar-refractivity contribution in [1.82, 2.24) is 25.3 Å². The number of amides is 2. The molecule has 0 spiro atoms. The van der Waals surface area contributed by atoms with Gasteiger partial charge in [-0.1, -0.05) is 6.07 Å². The van der Waals surface area contributed by atoms with Crippen LogP contribution in [-0.2, 0) is 0 Å². The van der Waals surface area contributed by atoms with E-state index in [1.165, 1.54) is 12.1 Å². The molecule has 2 saturated heterocycles. The Labute approximate surface area is 192 Å². The molecule has 0 aliphatic carbocycles. The third kappa shape index (κ3) is 3.62. The minimum Gasteiger partial charge on any atom is -0.504 e. The molecule has 5 rings (SSSR count). The van der Waals surface area contributed by atoms with Crippen LogP contribution in [0.25, 0.3) is 11.3 Å². The van der Waals surface area contributed by atoms with Gasteiger partial charge in [0.05, 0.1) is 16.9 Å². The summed E-state index contributed by atoms with van der Waals surface area (Å²) >= 11 is 0. The molecule has 3 N–H and O–H groups in total. The quantitative estimate of drug-likeness (QED) is 0.606. The molecule has 2 fully saturated rings. The van der Waals surface area contributed by atoms with Crippen LogP contribution >= 0.6 is 0 Å². The number of fused-ring (bicyclic) bond motifs is 3. The van der Waals surface area contributed by atoms with Crippen LogP contribution in [0.15, 0.2) is 24.3 Å². The van der Waals surface area contributed by atoms with Gasteiger partial charge in [0.1, 0.15) is 0 Å². The SMILES string of the molecule is C[C@@H]1CNC[C@@H](C)N1C(=O)N1CCN2c3cc(-c4cccc(F)c4O)nnc3NCC2(C)C1. The molecule has 176 valence electrons. The third-order valence-corrected chi connectivity index (χ3v) is 7.06. The third-order valence-electron chi connectivity index (χ3n) is 7.06. The van der Waals surface area contributed by atoms with Crippen molar-refractivity contribution in [2.75, 3.05) is 49.5 Å². The topological polar surface area (TPSA) is 96.9 Å². The van der Waals surface area contributed by atoms with E-state index in [-0.39, 0.29) is 23.7 Å². The largest absolute Gasteiger partial charge is 0.504 e. The number of nitrogens with one attached hydrogen (secondary N) is 2. The highest BCUT2D eigenvalue weighted by atomic mass is 19.1. The minimum absolute atomic E-state index is 0.0846. The Kier molecular flexibility index (Phi) is 5.27. The number of carbonyl (C=O) groups excluding carboxylic acids is 1. The van der Waals surface area contributed by atoms with Gasteiger partial charge >= 0.3 is 6.03 Å². The maximum absolute atomic E-state index is 13.9. The summed E-state index contributed by atoms with van der Waals surface area (Å²) in [5.74, 6) is -0.484. The number of phenols is 1. The number of phenolic OH excluding ortho intramolecular Hbond substituents is 1. The lowest BCUT2D eigenvalue weighted by molar-refractivity contribution is 0.0863. The Hall–Kier alpha value is -3.14. The Balaban J connectivity index is 1.42. The average molecular weight is 456 g/mol. The van der Waals surface area contributed by atoms with Crippen molar-refractivity contribution in [2.24, 2.45) is 0 Å². The number of aromatic hydroxyl groups is 1. The van der Waals surface area contributed by atoms with Crippen molar-refractivity contribution in [3.63, 3.8) is 0 Å². The fourth-order valence-corrected chi connectivity index (χ4v) is 5.31. The van der Waals surface area contributed by atoms with Crippen LogP contribution in [0.5, 0.6) is 5.75 Å². The molecule has 3 aliphatic heterocycles. The first-order valence-electron chi connectivity index (χ1n) is 11.4.